The molecule has 0 heterocycles. The molecule has 0 saturated carbocycles. The van der Waals surface area contributed by atoms with E-state index in [9.17, 15) is 0 Å². The molecular weight excluding hydrogens is 216 g/mol. The number of allylic oxidation sites excluding steroid dienone is 1. The van der Waals surface area contributed by atoms with Crippen LogP contribution < -0.4 is 0 Å². The lowest BCUT2D eigenvalue weighted by molar-refractivity contribution is -0.375. The lowest BCUT2D eigenvalue weighted by atomic mass is 10.5. The van der Waals surface area contributed by atoms with Crippen molar-refractivity contribution in [3.05, 3.63) is 24.4 Å². The van der Waals surface area contributed by atoms with Gasteiger partial charge in [0.15, 0.2) is 0 Å². The molecule has 0 atom stereocenters. The van der Waals surface area contributed by atoms with Gasteiger partial charge < -0.3 is 4.89 Å². The predicted octanol–water partition coefficient (Wildman–Crippen LogP) is 2.25. The summed E-state index contributed by atoms with van der Waals surface area (Å²) in [5.41, 5.74) is 0. The van der Waals surface area contributed by atoms with Crippen LogP contribution in [-0.2, 0) is 29.3 Å². The fraction of sp³-hybridized carbons (Fsp3) is 0.600. The van der Waals surface area contributed by atoms with Crippen molar-refractivity contribution in [2.45, 2.75) is 20.8 Å². The van der Waals surface area contributed by atoms with E-state index < -0.39 is 0 Å². The van der Waals surface area contributed by atoms with Crippen LogP contribution in [0, 0.1) is 0 Å². The molecule has 0 fully saturated rings. The highest BCUT2D eigenvalue weighted by molar-refractivity contribution is 5.08. The minimum absolute atomic E-state index is 0.104. The lowest BCUT2D eigenvalue weighted by Gasteiger charge is -2.10. The molecule has 0 bridgehead atoms. The highest BCUT2D eigenvalue weighted by atomic mass is 17.3. The second-order valence-corrected chi connectivity index (χ2v) is 2.33. The van der Waals surface area contributed by atoms with Gasteiger partial charge in [-0.1, -0.05) is 6.58 Å². The first-order valence-corrected chi connectivity index (χ1v) is 5.05. The first-order chi connectivity index (χ1) is 7.79. The first kappa shape index (κ1) is 14.8. The van der Waals surface area contributed by atoms with Crippen molar-refractivity contribution in [3.8, 4) is 0 Å². The lowest BCUT2D eigenvalue weighted by Crippen LogP contribution is -2.06. The van der Waals surface area contributed by atoms with Gasteiger partial charge in [0.2, 0.25) is 0 Å². The van der Waals surface area contributed by atoms with E-state index in [1.54, 1.807) is 20.8 Å². The Labute approximate surface area is 95.1 Å². The van der Waals surface area contributed by atoms with Crippen LogP contribution in [0.25, 0.3) is 0 Å². The van der Waals surface area contributed by atoms with Crippen molar-refractivity contribution in [1.29, 1.82) is 0 Å². The molecule has 0 spiro atoms. The maximum atomic E-state index is 4.85. The average molecular weight is 234 g/mol. The Morgan fingerprint density at radius 1 is 0.875 bits per heavy atom. The molecule has 0 rings (SSSR count). The molecular formula is C10H18O6. The van der Waals surface area contributed by atoms with Gasteiger partial charge in [-0.05, 0) is 26.8 Å². The third kappa shape index (κ3) is 6.28. The van der Waals surface area contributed by atoms with E-state index in [1.165, 1.54) is 6.08 Å². The molecule has 6 nitrogen and oxygen atoms in total. The molecule has 0 aromatic carbocycles. The molecule has 0 aromatic heterocycles. The van der Waals surface area contributed by atoms with E-state index in [2.05, 4.69) is 6.58 Å². The Morgan fingerprint density at radius 2 is 1.31 bits per heavy atom. The van der Waals surface area contributed by atoms with Gasteiger partial charge >= 0.3 is 5.95 Å². The van der Waals surface area contributed by atoms with Gasteiger partial charge in [0.25, 0.3) is 5.76 Å². The molecule has 0 aromatic rings. The summed E-state index contributed by atoms with van der Waals surface area (Å²) in [6, 6.07) is 0. The Hall–Kier alpha value is -1.24. The summed E-state index contributed by atoms with van der Waals surface area (Å²) < 4.78 is 0. The van der Waals surface area contributed by atoms with Crippen LogP contribution in [0.4, 0.5) is 0 Å². The summed E-state index contributed by atoms with van der Waals surface area (Å²) in [4.78, 5) is 28.6. The molecule has 0 amide bonds. The monoisotopic (exact) mass is 234 g/mol. The summed E-state index contributed by atoms with van der Waals surface area (Å²) in [5.74, 6) is 0.0240. The van der Waals surface area contributed by atoms with E-state index >= 15 is 0 Å². The van der Waals surface area contributed by atoms with Crippen LogP contribution in [-0.4, -0.2) is 19.8 Å². The fourth-order valence-corrected chi connectivity index (χ4v) is 0.595. The van der Waals surface area contributed by atoms with Crippen LogP contribution in [0.5, 0.6) is 0 Å². The van der Waals surface area contributed by atoms with Crippen molar-refractivity contribution in [1.82, 2.24) is 0 Å². The normalized spacial score (nSPS) is 9.44. The van der Waals surface area contributed by atoms with Crippen LogP contribution in [0.15, 0.2) is 24.4 Å². The molecule has 0 unspecified atom stereocenters. The first-order valence-electron chi connectivity index (χ1n) is 5.05. The second kappa shape index (κ2) is 10.3. The summed E-state index contributed by atoms with van der Waals surface area (Å²) in [7, 11) is 0. The third-order valence-electron chi connectivity index (χ3n) is 1.16. The number of rotatable bonds is 10. The molecule has 6 heteroatoms. The van der Waals surface area contributed by atoms with Gasteiger partial charge in [-0.3, -0.25) is 9.78 Å². The molecule has 94 valence electrons. The standard InChI is InChI=1S/C10H18O6/c1-5-9(14-11-6-2)10(15-12-7-3)16-13-8-4/h5H,1,6-8H2,2-4H3. The molecule has 0 radical (unpaired) electrons. The van der Waals surface area contributed by atoms with Gasteiger partial charge in [0.1, 0.15) is 0 Å². The Balaban J connectivity index is 4.45. The topological polar surface area (TPSA) is 55.4 Å². The highest BCUT2D eigenvalue weighted by Gasteiger charge is 2.13. The van der Waals surface area contributed by atoms with Crippen LogP contribution in [0.3, 0.4) is 0 Å². The highest BCUT2D eigenvalue weighted by Crippen LogP contribution is 2.12. The summed E-state index contributed by atoms with van der Waals surface area (Å²) >= 11 is 0. The quantitative estimate of drug-likeness (QED) is 0.250. The van der Waals surface area contributed by atoms with Crippen molar-refractivity contribution >= 4 is 0 Å². The molecule has 0 aliphatic rings. The Bertz CT molecular complexity index is 203. The Kier molecular flexibility index (Phi) is 9.49. The van der Waals surface area contributed by atoms with Crippen LogP contribution in [0.1, 0.15) is 20.8 Å². The molecule has 0 aliphatic heterocycles. The van der Waals surface area contributed by atoms with E-state index in [0.29, 0.717) is 19.8 Å². The zero-order valence-corrected chi connectivity index (χ0v) is 9.86. The van der Waals surface area contributed by atoms with Gasteiger partial charge in [-0.25, -0.2) is 0 Å². The van der Waals surface area contributed by atoms with Gasteiger partial charge in [0.05, 0.1) is 19.8 Å². The third-order valence-corrected chi connectivity index (χ3v) is 1.16. The van der Waals surface area contributed by atoms with E-state index in [1.807, 2.05) is 0 Å². The van der Waals surface area contributed by atoms with Crippen LogP contribution >= 0.6 is 0 Å². The van der Waals surface area contributed by atoms with E-state index in [0.717, 1.165) is 0 Å². The number of hydrogen-bond acceptors (Lipinski definition) is 6. The van der Waals surface area contributed by atoms with Gasteiger partial charge in [0, 0.05) is 0 Å². The zero-order chi connectivity index (χ0) is 12.2. The largest absolute Gasteiger partial charge is 0.398 e. The minimum atomic E-state index is -0.104. The fourth-order valence-electron chi connectivity index (χ4n) is 0.595. The van der Waals surface area contributed by atoms with Crippen molar-refractivity contribution in [2.24, 2.45) is 0 Å². The second-order valence-electron chi connectivity index (χ2n) is 2.33. The Morgan fingerprint density at radius 3 is 1.69 bits per heavy atom. The summed E-state index contributed by atoms with van der Waals surface area (Å²) in [5, 5.41) is 0. The predicted molar refractivity (Wildman–Crippen MR) is 55.4 cm³/mol. The molecule has 0 saturated heterocycles. The summed E-state index contributed by atoms with van der Waals surface area (Å²) in [6.07, 6.45) is 1.35. The van der Waals surface area contributed by atoms with Crippen molar-refractivity contribution in [3.63, 3.8) is 0 Å². The maximum Gasteiger partial charge on any atom is 0.398 e. The average Bonchev–Trinajstić information content (AvgIpc) is 2.32. The molecule has 0 aliphatic carbocycles. The van der Waals surface area contributed by atoms with Crippen molar-refractivity contribution < 1.29 is 29.3 Å². The van der Waals surface area contributed by atoms with E-state index in [-0.39, 0.29) is 11.7 Å². The SMILES string of the molecule is C=CC(OOCC)=C(OOCC)OOCC. The van der Waals surface area contributed by atoms with E-state index in [4.69, 9.17) is 29.3 Å². The minimum Gasteiger partial charge on any atom is -0.330 e. The maximum absolute atomic E-state index is 4.85. The van der Waals surface area contributed by atoms with Gasteiger partial charge in [-0.15, -0.1) is 0 Å². The smallest absolute Gasteiger partial charge is 0.330 e. The zero-order valence-electron chi connectivity index (χ0n) is 9.86. The molecule has 16 heavy (non-hydrogen) atoms. The van der Waals surface area contributed by atoms with Gasteiger partial charge in [-0.2, -0.15) is 14.7 Å². The van der Waals surface area contributed by atoms with Crippen molar-refractivity contribution in [2.75, 3.05) is 19.8 Å². The number of hydrogen-bond donors (Lipinski definition) is 0. The molecule has 0 N–H and O–H groups in total. The summed E-state index contributed by atoms with van der Waals surface area (Å²) in [6.45, 7) is 9.87. The van der Waals surface area contributed by atoms with Crippen LogP contribution in [0.2, 0.25) is 0 Å².